The van der Waals surface area contributed by atoms with Gasteiger partial charge in [0.25, 0.3) is 0 Å². The fourth-order valence-corrected chi connectivity index (χ4v) is 1.30. The maximum atomic E-state index is 2.23. The molecular formula is C13H19N. The molecule has 0 spiro atoms. The van der Waals surface area contributed by atoms with Crippen LogP contribution in [0.3, 0.4) is 0 Å². The quantitative estimate of drug-likeness (QED) is 0.636. The third kappa shape index (κ3) is 3.65. The van der Waals surface area contributed by atoms with Crippen LogP contribution in [0.1, 0.15) is 26.2 Å². The number of nitrogens with zero attached hydrogens (tertiary/aromatic N) is 1. The normalized spacial score (nSPS) is 10.7. The first-order valence-corrected chi connectivity index (χ1v) is 5.29. The Labute approximate surface area is 87.1 Å². The van der Waals surface area contributed by atoms with Crippen molar-refractivity contribution in [1.82, 2.24) is 0 Å². The molecule has 0 aliphatic heterocycles. The number of hydrogen-bond acceptors (Lipinski definition) is 1. The number of rotatable bonds is 5. The average molecular weight is 189 g/mol. The fourth-order valence-electron chi connectivity index (χ4n) is 1.30. The minimum absolute atomic E-state index is 1.17. The Balaban J connectivity index is 2.42. The molecule has 1 aromatic carbocycles. The van der Waals surface area contributed by atoms with Gasteiger partial charge in [-0.15, -0.1) is 0 Å². The fraction of sp³-hybridized carbons (Fsp3) is 0.385. The van der Waals surface area contributed by atoms with Crippen LogP contribution in [0.5, 0.6) is 0 Å². The van der Waals surface area contributed by atoms with Gasteiger partial charge >= 0.3 is 0 Å². The molecule has 1 heteroatoms. The highest BCUT2D eigenvalue weighted by atomic mass is 15.1. The van der Waals surface area contributed by atoms with Crippen molar-refractivity contribution >= 4 is 5.69 Å². The standard InChI is InChI=1S/C13H19N/c1-3-4-5-9-12-14(2)13-10-7-6-8-11-13/h6-12H,3-5H2,1-2H3/b12-9+. The van der Waals surface area contributed by atoms with E-state index in [2.05, 4.69) is 55.4 Å². The van der Waals surface area contributed by atoms with E-state index in [0.29, 0.717) is 0 Å². The lowest BCUT2D eigenvalue weighted by molar-refractivity contribution is 0.813. The van der Waals surface area contributed by atoms with E-state index in [9.17, 15) is 0 Å². The number of unbranched alkanes of at least 4 members (excludes halogenated alkanes) is 2. The minimum Gasteiger partial charge on any atom is -0.351 e. The van der Waals surface area contributed by atoms with Crippen molar-refractivity contribution in [1.29, 1.82) is 0 Å². The lowest BCUT2D eigenvalue weighted by Crippen LogP contribution is -2.06. The van der Waals surface area contributed by atoms with Gasteiger partial charge in [-0.3, -0.25) is 0 Å². The first-order chi connectivity index (χ1) is 6.84. The van der Waals surface area contributed by atoms with E-state index in [0.717, 1.165) is 0 Å². The van der Waals surface area contributed by atoms with Crippen LogP contribution in [0.25, 0.3) is 0 Å². The molecule has 0 N–H and O–H groups in total. The van der Waals surface area contributed by atoms with Crippen molar-refractivity contribution in [2.45, 2.75) is 26.2 Å². The van der Waals surface area contributed by atoms with Crippen LogP contribution in [-0.4, -0.2) is 7.05 Å². The van der Waals surface area contributed by atoms with Crippen molar-refractivity contribution < 1.29 is 0 Å². The van der Waals surface area contributed by atoms with E-state index in [1.807, 2.05) is 6.07 Å². The third-order valence-corrected chi connectivity index (χ3v) is 2.22. The van der Waals surface area contributed by atoms with E-state index >= 15 is 0 Å². The maximum Gasteiger partial charge on any atom is 0.0403 e. The average Bonchev–Trinajstić information content (AvgIpc) is 2.25. The van der Waals surface area contributed by atoms with E-state index in [1.54, 1.807) is 0 Å². The maximum absolute atomic E-state index is 2.23. The molecule has 14 heavy (non-hydrogen) atoms. The van der Waals surface area contributed by atoms with Crippen LogP contribution < -0.4 is 4.90 Å². The smallest absolute Gasteiger partial charge is 0.0403 e. The number of para-hydroxylation sites is 1. The first-order valence-electron chi connectivity index (χ1n) is 5.29. The molecule has 0 fully saturated rings. The molecule has 0 bridgehead atoms. The van der Waals surface area contributed by atoms with E-state index in [4.69, 9.17) is 0 Å². The van der Waals surface area contributed by atoms with Crippen molar-refractivity contribution in [2.75, 3.05) is 11.9 Å². The van der Waals surface area contributed by atoms with E-state index in [1.165, 1.54) is 24.9 Å². The number of benzene rings is 1. The summed E-state index contributed by atoms with van der Waals surface area (Å²) in [5.74, 6) is 0. The van der Waals surface area contributed by atoms with Crippen LogP contribution in [0.2, 0.25) is 0 Å². The summed E-state index contributed by atoms with van der Waals surface area (Å²) in [5, 5.41) is 0. The Morgan fingerprint density at radius 3 is 2.57 bits per heavy atom. The second-order valence-corrected chi connectivity index (χ2v) is 3.47. The number of hydrogen-bond donors (Lipinski definition) is 0. The summed E-state index contributed by atoms with van der Waals surface area (Å²) in [5.41, 5.74) is 1.24. The van der Waals surface area contributed by atoms with Crippen molar-refractivity contribution in [3.8, 4) is 0 Å². The van der Waals surface area contributed by atoms with Gasteiger partial charge in [0, 0.05) is 12.7 Å². The molecule has 0 radical (unpaired) electrons. The zero-order valence-electron chi connectivity index (χ0n) is 9.11. The van der Waals surface area contributed by atoms with Crippen LogP contribution in [0.4, 0.5) is 5.69 Å². The predicted molar refractivity (Wildman–Crippen MR) is 63.5 cm³/mol. The van der Waals surface area contributed by atoms with Crippen molar-refractivity contribution in [3.63, 3.8) is 0 Å². The molecule has 1 nitrogen and oxygen atoms in total. The van der Waals surface area contributed by atoms with Gasteiger partial charge in [-0.2, -0.15) is 0 Å². The molecule has 0 saturated carbocycles. The molecule has 76 valence electrons. The van der Waals surface area contributed by atoms with Gasteiger partial charge in [-0.25, -0.2) is 0 Å². The highest BCUT2D eigenvalue weighted by molar-refractivity contribution is 5.47. The van der Waals surface area contributed by atoms with E-state index in [-0.39, 0.29) is 0 Å². The monoisotopic (exact) mass is 189 g/mol. The molecule has 0 aliphatic rings. The summed E-state index contributed by atoms with van der Waals surface area (Å²) >= 11 is 0. The number of allylic oxidation sites excluding steroid dienone is 1. The lowest BCUT2D eigenvalue weighted by Gasteiger charge is -2.13. The summed E-state index contributed by atoms with van der Waals surface area (Å²) in [7, 11) is 2.08. The van der Waals surface area contributed by atoms with Gasteiger partial charge in [-0.05, 0) is 24.8 Å². The van der Waals surface area contributed by atoms with Crippen LogP contribution in [0, 0.1) is 0 Å². The Bertz CT molecular complexity index is 264. The second kappa shape index (κ2) is 6.25. The summed E-state index contributed by atoms with van der Waals surface area (Å²) in [6.07, 6.45) is 8.09. The molecule has 0 aliphatic carbocycles. The van der Waals surface area contributed by atoms with Gasteiger partial charge in [0.15, 0.2) is 0 Å². The minimum atomic E-state index is 1.17. The molecule has 0 saturated heterocycles. The third-order valence-electron chi connectivity index (χ3n) is 2.22. The van der Waals surface area contributed by atoms with Gasteiger partial charge in [0.1, 0.15) is 0 Å². The zero-order chi connectivity index (χ0) is 10.2. The van der Waals surface area contributed by atoms with Gasteiger partial charge < -0.3 is 4.90 Å². The Hall–Kier alpha value is -1.24. The van der Waals surface area contributed by atoms with E-state index < -0.39 is 0 Å². The zero-order valence-corrected chi connectivity index (χ0v) is 9.11. The van der Waals surface area contributed by atoms with Gasteiger partial charge in [0.05, 0.1) is 0 Å². The molecule has 0 amide bonds. The molecule has 1 aromatic rings. The van der Waals surface area contributed by atoms with Crippen molar-refractivity contribution in [3.05, 3.63) is 42.6 Å². The molecule has 0 unspecified atom stereocenters. The Kier molecular flexibility index (Phi) is 4.84. The first kappa shape index (κ1) is 10.8. The van der Waals surface area contributed by atoms with Crippen molar-refractivity contribution in [2.24, 2.45) is 0 Å². The number of anilines is 1. The SMILES string of the molecule is CCCC/C=C/N(C)c1ccccc1. The topological polar surface area (TPSA) is 3.24 Å². The molecule has 0 aromatic heterocycles. The van der Waals surface area contributed by atoms with Crippen LogP contribution in [-0.2, 0) is 0 Å². The molecular weight excluding hydrogens is 170 g/mol. The summed E-state index contributed by atoms with van der Waals surface area (Å²) < 4.78 is 0. The predicted octanol–water partition coefficient (Wildman–Crippen LogP) is 3.83. The lowest BCUT2D eigenvalue weighted by atomic mass is 10.2. The largest absolute Gasteiger partial charge is 0.351 e. The Morgan fingerprint density at radius 1 is 1.21 bits per heavy atom. The molecule has 0 heterocycles. The second-order valence-electron chi connectivity index (χ2n) is 3.47. The summed E-state index contributed by atoms with van der Waals surface area (Å²) in [6.45, 7) is 2.22. The summed E-state index contributed by atoms with van der Waals surface area (Å²) in [4.78, 5) is 2.15. The van der Waals surface area contributed by atoms with Gasteiger partial charge in [0.2, 0.25) is 0 Å². The molecule has 0 atom stereocenters. The highest BCUT2D eigenvalue weighted by Gasteiger charge is 1.92. The van der Waals surface area contributed by atoms with Crippen LogP contribution in [0.15, 0.2) is 42.6 Å². The van der Waals surface area contributed by atoms with Crippen LogP contribution >= 0.6 is 0 Å². The highest BCUT2D eigenvalue weighted by Crippen LogP contribution is 2.11. The Morgan fingerprint density at radius 2 is 1.93 bits per heavy atom. The van der Waals surface area contributed by atoms with Gasteiger partial charge in [-0.1, -0.05) is 44.0 Å². The summed E-state index contributed by atoms with van der Waals surface area (Å²) in [6, 6.07) is 10.4. The molecule has 1 rings (SSSR count).